The molecule has 2 aromatic rings. The molecular formula is C32H33NO13. The number of hydrogen-bond acceptors (Lipinski definition) is 14. The van der Waals surface area contributed by atoms with E-state index in [-0.39, 0.29) is 52.1 Å². The maximum Gasteiger partial charge on any atom is 0.202 e. The summed E-state index contributed by atoms with van der Waals surface area (Å²) < 4.78 is 40.6. The molecule has 5 heterocycles. The predicted octanol–water partition coefficient (Wildman–Crippen LogP) is 1.46. The molecule has 8 atom stereocenters. The first-order chi connectivity index (χ1) is 22.0. The van der Waals surface area contributed by atoms with E-state index >= 15 is 0 Å². The number of fused-ring (bicyclic) bond motifs is 5. The van der Waals surface area contributed by atoms with Gasteiger partial charge in [-0.25, -0.2) is 0 Å². The third-order valence-corrected chi connectivity index (χ3v) is 10.0. The van der Waals surface area contributed by atoms with Crippen LogP contribution >= 0.6 is 0 Å². The van der Waals surface area contributed by atoms with Crippen LogP contribution < -0.4 is 4.74 Å². The molecule has 3 fully saturated rings. The lowest BCUT2D eigenvalue weighted by Crippen LogP contribution is -2.55. The van der Waals surface area contributed by atoms with Gasteiger partial charge in [0, 0.05) is 68.8 Å². The number of rotatable bonds is 6. The quantitative estimate of drug-likeness (QED) is 0.258. The largest absolute Gasteiger partial charge is 0.507 e. The molecule has 0 radical (unpaired) electrons. The number of carbonyl (C=O) groups excluding carboxylic acids is 3. The average molecular weight is 640 g/mol. The Hall–Kier alpha value is -3.47. The van der Waals surface area contributed by atoms with E-state index in [1.165, 1.54) is 13.2 Å². The number of nitrogens with zero attached hydrogens (tertiary/aromatic N) is 1. The Morgan fingerprint density at radius 2 is 1.85 bits per heavy atom. The van der Waals surface area contributed by atoms with Crippen LogP contribution in [-0.4, -0.2) is 114 Å². The molecule has 244 valence electrons. The summed E-state index contributed by atoms with van der Waals surface area (Å²) in [6, 6.07) is 2.86. The van der Waals surface area contributed by atoms with Crippen molar-refractivity contribution in [3.8, 4) is 23.0 Å². The van der Waals surface area contributed by atoms with E-state index in [9.17, 15) is 29.7 Å². The summed E-state index contributed by atoms with van der Waals surface area (Å²) in [6.07, 6.45) is -4.38. The molecule has 0 saturated carbocycles. The number of aromatic hydroxyl groups is 2. The Labute approximate surface area is 262 Å². The van der Waals surface area contributed by atoms with E-state index in [2.05, 4.69) is 4.90 Å². The van der Waals surface area contributed by atoms with Crippen molar-refractivity contribution >= 4 is 17.3 Å². The van der Waals surface area contributed by atoms with Crippen LogP contribution in [0.4, 0.5) is 0 Å². The Kier molecular flexibility index (Phi) is 6.84. The fourth-order valence-corrected chi connectivity index (χ4v) is 7.89. The maximum absolute atomic E-state index is 13.8. The van der Waals surface area contributed by atoms with E-state index in [0.717, 1.165) is 0 Å². The zero-order valence-electron chi connectivity index (χ0n) is 25.3. The third-order valence-electron chi connectivity index (χ3n) is 10.0. The Balaban J connectivity index is 1.19. The average Bonchev–Trinajstić information content (AvgIpc) is 3.40. The van der Waals surface area contributed by atoms with Gasteiger partial charge in [-0.05, 0) is 13.0 Å². The van der Waals surface area contributed by atoms with Crippen molar-refractivity contribution in [2.45, 2.75) is 74.9 Å². The molecular weight excluding hydrogens is 606 g/mol. The lowest BCUT2D eigenvalue weighted by molar-refractivity contribution is -0.256. The highest BCUT2D eigenvalue weighted by Crippen LogP contribution is 2.54. The maximum atomic E-state index is 13.8. The number of ether oxygens (including phenoxy) is 7. The van der Waals surface area contributed by atoms with Gasteiger partial charge in [0.1, 0.15) is 41.3 Å². The highest BCUT2D eigenvalue weighted by Gasteiger charge is 2.55. The van der Waals surface area contributed by atoms with Crippen molar-refractivity contribution in [1.29, 1.82) is 0 Å². The number of Topliss-reactive ketones (excluding diaryl/α,β-unsaturated/α-hetero) is 1. The predicted molar refractivity (Wildman–Crippen MR) is 152 cm³/mol. The van der Waals surface area contributed by atoms with Gasteiger partial charge in [0.25, 0.3) is 0 Å². The Morgan fingerprint density at radius 1 is 1.09 bits per heavy atom. The molecule has 0 unspecified atom stereocenters. The Bertz CT molecular complexity index is 1690. The summed E-state index contributed by atoms with van der Waals surface area (Å²) in [4.78, 5) is 42.8. The standard InChI is InChI=1S/C32H33NO13/c1-12-29-16(33-4-5-42-31(41-3)30(33)46-29)8-20(43-12)45-18-10-32(39,19(34)11-40-2)9-15-22(18)28(38)24-23(26(15)36)25(35)14-6-13-7-17(44-13)21(14)27(24)37/h6-7,12,16,18,20,29-31,36,38-39H,4-5,8-11H2,1-3H3/t12-,16-,18-,20-,29+,30+,31-,32-/m0/s1. The minimum Gasteiger partial charge on any atom is -0.507 e. The second kappa shape index (κ2) is 10.5. The molecule has 2 bridgehead atoms. The summed E-state index contributed by atoms with van der Waals surface area (Å²) in [5.41, 5.74) is -2.93. The van der Waals surface area contributed by atoms with Crippen molar-refractivity contribution in [2.75, 3.05) is 34.0 Å². The van der Waals surface area contributed by atoms with E-state index < -0.39 is 84.1 Å². The number of morpholine rings is 1. The van der Waals surface area contributed by atoms with Gasteiger partial charge in [0.15, 0.2) is 30.4 Å². The smallest absolute Gasteiger partial charge is 0.202 e. The van der Waals surface area contributed by atoms with Crippen LogP contribution in [0.3, 0.4) is 0 Å². The van der Waals surface area contributed by atoms with Crippen molar-refractivity contribution in [2.24, 2.45) is 0 Å². The van der Waals surface area contributed by atoms with Crippen molar-refractivity contribution in [1.82, 2.24) is 4.90 Å². The van der Waals surface area contributed by atoms with Gasteiger partial charge in [-0.15, -0.1) is 0 Å². The number of benzene rings is 2. The molecule has 0 spiro atoms. The molecule has 2 aromatic carbocycles. The van der Waals surface area contributed by atoms with Gasteiger partial charge in [-0.1, -0.05) is 0 Å². The number of hydrogen-bond donors (Lipinski definition) is 3. The lowest BCUT2D eigenvalue weighted by Gasteiger charge is -2.43. The first-order valence-corrected chi connectivity index (χ1v) is 15.2. The highest BCUT2D eigenvalue weighted by molar-refractivity contribution is 6.32. The fraction of sp³-hybridized carbons (Fsp3) is 0.531. The van der Waals surface area contributed by atoms with Gasteiger partial charge in [-0.2, -0.15) is 0 Å². The van der Waals surface area contributed by atoms with Crippen LogP contribution in [0.1, 0.15) is 68.8 Å². The van der Waals surface area contributed by atoms with Crippen LogP contribution in [0.15, 0.2) is 12.1 Å². The van der Waals surface area contributed by atoms with Crippen LogP contribution in [0.2, 0.25) is 0 Å². The van der Waals surface area contributed by atoms with Crippen molar-refractivity contribution in [3.63, 3.8) is 0 Å². The minimum atomic E-state index is -2.09. The molecule has 0 aromatic heterocycles. The molecule has 46 heavy (non-hydrogen) atoms. The number of phenolic OH excluding ortho intramolecular Hbond substituents is 2. The molecule has 2 aliphatic carbocycles. The van der Waals surface area contributed by atoms with Crippen molar-refractivity contribution < 1.29 is 62.9 Å². The summed E-state index contributed by atoms with van der Waals surface area (Å²) in [5, 5.41) is 35.1. The molecule has 5 aliphatic heterocycles. The summed E-state index contributed by atoms with van der Waals surface area (Å²) >= 11 is 0. The second-order valence-corrected chi connectivity index (χ2v) is 12.6. The third kappa shape index (κ3) is 4.15. The molecule has 3 N–H and O–H groups in total. The number of ketones is 3. The normalized spacial score (nSPS) is 34.0. The van der Waals surface area contributed by atoms with Gasteiger partial charge in [-0.3, -0.25) is 19.3 Å². The Morgan fingerprint density at radius 3 is 2.59 bits per heavy atom. The molecule has 0 amide bonds. The van der Waals surface area contributed by atoms with E-state index in [1.54, 1.807) is 13.2 Å². The number of phenols is 2. The molecule has 14 nitrogen and oxygen atoms in total. The topological polar surface area (TPSA) is 180 Å². The number of carbonyl (C=O) groups is 3. The van der Waals surface area contributed by atoms with Crippen LogP contribution in [0.25, 0.3) is 0 Å². The zero-order valence-corrected chi connectivity index (χ0v) is 25.3. The zero-order chi connectivity index (χ0) is 32.2. The monoisotopic (exact) mass is 639 g/mol. The second-order valence-electron chi connectivity index (χ2n) is 12.6. The summed E-state index contributed by atoms with van der Waals surface area (Å²) in [5.74, 6) is -2.65. The fourth-order valence-electron chi connectivity index (χ4n) is 7.89. The summed E-state index contributed by atoms with van der Waals surface area (Å²) in [6.45, 7) is 2.45. The van der Waals surface area contributed by atoms with Gasteiger partial charge >= 0.3 is 0 Å². The lowest BCUT2D eigenvalue weighted by atomic mass is 9.71. The molecule has 3 saturated heterocycles. The number of methoxy groups -OCH3 is 2. The van der Waals surface area contributed by atoms with E-state index in [4.69, 9.17) is 33.2 Å². The SMILES string of the molecule is COCC(=O)[C@]1(O)Cc2c(O)c3c(c(O)c2[C@@H](O[C@H]2C[C@H]4[C@H](O[C@@H]5[C@@H](OC)OCCN54)[C@H](C)O2)C1)C(=O)c1c2cc(cc1C3=O)O2. The first-order valence-electron chi connectivity index (χ1n) is 15.2. The van der Waals surface area contributed by atoms with Crippen LogP contribution in [0.5, 0.6) is 23.0 Å². The van der Waals surface area contributed by atoms with Gasteiger partial charge in [0.05, 0.1) is 35.5 Å². The van der Waals surface area contributed by atoms with Gasteiger partial charge < -0.3 is 48.5 Å². The molecule has 7 aliphatic rings. The molecule has 14 heteroatoms. The summed E-state index contributed by atoms with van der Waals surface area (Å²) in [7, 11) is 2.86. The minimum absolute atomic E-state index is 0.00312. The van der Waals surface area contributed by atoms with Crippen molar-refractivity contribution in [3.05, 3.63) is 45.5 Å². The number of aliphatic hydroxyl groups is 1. The highest BCUT2D eigenvalue weighted by atomic mass is 16.7. The first kappa shape index (κ1) is 29.9. The molecule has 9 rings (SSSR count). The van der Waals surface area contributed by atoms with E-state index in [1.807, 2.05) is 6.92 Å². The van der Waals surface area contributed by atoms with E-state index in [0.29, 0.717) is 25.3 Å². The van der Waals surface area contributed by atoms with Gasteiger partial charge in [0.2, 0.25) is 5.78 Å². The van der Waals surface area contributed by atoms with Crippen LogP contribution in [0, 0.1) is 0 Å². The van der Waals surface area contributed by atoms with Crippen LogP contribution in [-0.2, 0) is 39.6 Å².